The van der Waals surface area contributed by atoms with Gasteiger partial charge in [-0.15, -0.1) is 0 Å². The minimum absolute atomic E-state index is 0.204. The van der Waals surface area contributed by atoms with Crippen LogP contribution in [0.15, 0.2) is 18.2 Å². The molecule has 16 heavy (non-hydrogen) atoms. The molecule has 3 unspecified atom stereocenters. The molecule has 0 aliphatic rings. The number of aliphatic hydroxyl groups is 1. The fraction of sp³-hybridized carbons (Fsp3) is 0.500. The van der Waals surface area contributed by atoms with Crippen LogP contribution in [0.25, 0.3) is 0 Å². The largest absolute Gasteiger partial charge is 0.392 e. The molecule has 1 rings (SSSR count). The first-order valence-corrected chi connectivity index (χ1v) is 6.06. The molecule has 0 heterocycles. The van der Waals surface area contributed by atoms with Gasteiger partial charge in [-0.2, -0.15) is 0 Å². The second-order valence-corrected chi connectivity index (χ2v) is 5.05. The lowest BCUT2D eigenvalue weighted by Crippen LogP contribution is -2.32. The molecule has 1 aromatic carbocycles. The standard InChI is InChI=1S/C12H17Cl2NO/c1-7(5-12(16)8(2)15)9-3-4-10(13)11(14)6-9/h3-4,6-8,12,16H,5,15H2,1-2H3. The highest BCUT2D eigenvalue weighted by molar-refractivity contribution is 6.42. The summed E-state index contributed by atoms with van der Waals surface area (Å²) < 4.78 is 0. The number of benzene rings is 1. The van der Waals surface area contributed by atoms with Crippen LogP contribution in [0.4, 0.5) is 0 Å². The summed E-state index contributed by atoms with van der Waals surface area (Å²) in [5.74, 6) is 0.204. The molecule has 0 saturated heterocycles. The van der Waals surface area contributed by atoms with E-state index in [2.05, 4.69) is 0 Å². The van der Waals surface area contributed by atoms with E-state index >= 15 is 0 Å². The molecule has 90 valence electrons. The Hall–Kier alpha value is -0.280. The number of hydrogen-bond donors (Lipinski definition) is 2. The monoisotopic (exact) mass is 261 g/mol. The fourth-order valence-electron chi connectivity index (χ4n) is 1.53. The number of hydrogen-bond acceptors (Lipinski definition) is 2. The number of nitrogens with two attached hydrogens (primary N) is 1. The second kappa shape index (κ2) is 5.87. The molecule has 0 fully saturated rings. The highest BCUT2D eigenvalue weighted by Crippen LogP contribution is 2.28. The molecule has 3 atom stereocenters. The van der Waals surface area contributed by atoms with E-state index in [0.717, 1.165) is 5.56 Å². The summed E-state index contributed by atoms with van der Waals surface area (Å²) in [5.41, 5.74) is 6.68. The minimum atomic E-state index is -0.496. The van der Waals surface area contributed by atoms with Gasteiger partial charge in [-0.1, -0.05) is 36.2 Å². The SMILES string of the molecule is CC(CC(O)C(C)N)c1ccc(Cl)c(Cl)c1. The van der Waals surface area contributed by atoms with E-state index < -0.39 is 6.10 Å². The first-order valence-electron chi connectivity index (χ1n) is 5.30. The van der Waals surface area contributed by atoms with Crippen molar-refractivity contribution in [1.82, 2.24) is 0 Å². The summed E-state index contributed by atoms with van der Waals surface area (Å²) >= 11 is 11.8. The maximum absolute atomic E-state index is 9.70. The Bertz CT molecular complexity index is 355. The topological polar surface area (TPSA) is 46.2 Å². The first kappa shape index (κ1) is 13.8. The van der Waals surface area contributed by atoms with Crippen LogP contribution in [0, 0.1) is 0 Å². The third-order valence-corrected chi connectivity index (χ3v) is 3.45. The highest BCUT2D eigenvalue weighted by atomic mass is 35.5. The average Bonchev–Trinajstić information content (AvgIpc) is 2.21. The molecule has 0 bridgehead atoms. The number of rotatable bonds is 4. The molecule has 4 heteroatoms. The van der Waals surface area contributed by atoms with Crippen LogP contribution in [-0.2, 0) is 0 Å². The molecule has 0 aliphatic heterocycles. The van der Waals surface area contributed by atoms with E-state index in [-0.39, 0.29) is 12.0 Å². The van der Waals surface area contributed by atoms with Crippen molar-refractivity contribution < 1.29 is 5.11 Å². The smallest absolute Gasteiger partial charge is 0.0694 e. The van der Waals surface area contributed by atoms with Crippen molar-refractivity contribution >= 4 is 23.2 Å². The summed E-state index contributed by atoms with van der Waals surface area (Å²) in [4.78, 5) is 0. The molecule has 0 aliphatic carbocycles. The van der Waals surface area contributed by atoms with Gasteiger partial charge in [-0.25, -0.2) is 0 Å². The second-order valence-electron chi connectivity index (χ2n) is 4.24. The van der Waals surface area contributed by atoms with Gasteiger partial charge in [0.25, 0.3) is 0 Å². The predicted octanol–water partition coefficient (Wildman–Crippen LogP) is 3.20. The summed E-state index contributed by atoms with van der Waals surface area (Å²) in [5, 5.41) is 10.8. The van der Waals surface area contributed by atoms with Crippen molar-refractivity contribution in [3.05, 3.63) is 33.8 Å². The number of halogens is 2. The number of aliphatic hydroxyl groups excluding tert-OH is 1. The van der Waals surface area contributed by atoms with Crippen LogP contribution in [0.1, 0.15) is 31.7 Å². The summed E-state index contributed by atoms with van der Waals surface area (Å²) in [6.45, 7) is 3.83. The molecule has 0 saturated carbocycles. The van der Waals surface area contributed by atoms with Gasteiger partial charge in [-0.05, 0) is 37.0 Å². The maximum Gasteiger partial charge on any atom is 0.0694 e. The summed E-state index contributed by atoms with van der Waals surface area (Å²) in [7, 11) is 0. The van der Waals surface area contributed by atoms with Gasteiger partial charge in [0.2, 0.25) is 0 Å². The maximum atomic E-state index is 9.70. The van der Waals surface area contributed by atoms with Crippen molar-refractivity contribution in [2.45, 2.75) is 38.3 Å². The zero-order chi connectivity index (χ0) is 12.3. The normalized spacial score (nSPS) is 16.9. The van der Waals surface area contributed by atoms with Crippen molar-refractivity contribution in [3.63, 3.8) is 0 Å². The Labute approximate surface area is 106 Å². The lowest BCUT2D eigenvalue weighted by Gasteiger charge is -2.19. The minimum Gasteiger partial charge on any atom is -0.392 e. The van der Waals surface area contributed by atoms with E-state index in [4.69, 9.17) is 28.9 Å². The summed E-state index contributed by atoms with van der Waals surface area (Å²) in [6.07, 6.45) is 0.125. The van der Waals surface area contributed by atoms with Crippen LogP contribution >= 0.6 is 23.2 Å². The van der Waals surface area contributed by atoms with Crippen molar-refractivity contribution in [2.24, 2.45) is 5.73 Å². The first-order chi connectivity index (χ1) is 7.41. The molecular formula is C12H17Cl2NO. The molecule has 3 N–H and O–H groups in total. The van der Waals surface area contributed by atoms with Crippen molar-refractivity contribution in [3.8, 4) is 0 Å². The van der Waals surface area contributed by atoms with E-state index in [0.29, 0.717) is 16.5 Å². The molecular weight excluding hydrogens is 245 g/mol. The Kier molecular flexibility index (Phi) is 5.06. The van der Waals surface area contributed by atoms with Gasteiger partial charge in [0.15, 0.2) is 0 Å². The van der Waals surface area contributed by atoms with Crippen LogP contribution in [0.2, 0.25) is 10.0 Å². The lowest BCUT2D eigenvalue weighted by atomic mass is 9.93. The van der Waals surface area contributed by atoms with E-state index in [9.17, 15) is 5.11 Å². The van der Waals surface area contributed by atoms with Gasteiger partial charge >= 0.3 is 0 Å². The highest BCUT2D eigenvalue weighted by Gasteiger charge is 2.16. The van der Waals surface area contributed by atoms with E-state index in [1.807, 2.05) is 19.1 Å². The van der Waals surface area contributed by atoms with Crippen molar-refractivity contribution in [1.29, 1.82) is 0 Å². The van der Waals surface area contributed by atoms with Gasteiger partial charge in [0.05, 0.1) is 16.1 Å². The zero-order valence-electron chi connectivity index (χ0n) is 9.45. The molecule has 0 amide bonds. The van der Waals surface area contributed by atoms with Gasteiger partial charge in [0, 0.05) is 6.04 Å². The average molecular weight is 262 g/mol. The Morgan fingerprint density at radius 2 is 1.88 bits per heavy atom. The molecule has 1 aromatic rings. The van der Waals surface area contributed by atoms with Crippen molar-refractivity contribution in [2.75, 3.05) is 0 Å². The quantitative estimate of drug-likeness (QED) is 0.875. The molecule has 2 nitrogen and oxygen atoms in total. The Morgan fingerprint density at radius 3 is 2.38 bits per heavy atom. The van der Waals surface area contributed by atoms with E-state index in [1.54, 1.807) is 13.0 Å². The van der Waals surface area contributed by atoms with E-state index in [1.165, 1.54) is 0 Å². The van der Waals surface area contributed by atoms with Gasteiger partial charge in [0.1, 0.15) is 0 Å². The van der Waals surface area contributed by atoms with Crippen LogP contribution in [0.3, 0.4) is 0 Å². The predicted molar refractivity (Wildman–Crippen MR) is 69.2 cm³/mol. The molecule has 0 radical (unpaired) electrons. The molecule has 0 aromatic heterocycles. The third-order valence-electron chi connectivity index (χ3n) is 2.71. The van der Waals surface area contributed by atoms with Gasteiger partial charge in [-0.3, -0.25) is 0 Å². The fourth-order valence-corrected chi connectivity index (χ4v) is 1.84. The van der Waals surface area contributed by atoms with Crippen LogP contribution in [-0.4, -0.2) is 17.3 Å². The summed E-state index contributed by atoms with van der Waals surface area (Å²) in [6, 6.07) is 5.31. The molecule has 0 spiro atoms. The zero-order valence-corrected chi connectivity index (χ0v) is 11.0. The van der Waals surface area contributed by atoms with Crippen LogP contribution in [0.5, 0.6) is 0 Å². The van der Waals surface area contributed by atoms with Crippen LogP contribution < -0.4 is 5.73 Å². The third kappa shape index (κ3) is 3.63. The Morgan fingerprint density at radius 1 is 1.25 bits per heavy atom. The lowest BCUT2D eigenvalue weighted by molar-refractivity contribution is 0.134. The van der Waals surface area contributed by atoms with Gasteiger partial charge < -0.3 is 10.8 Å². The Balaban J connectivity index is 2.73.